The van der Waals surface area contributed by atoms with Gasteiger partial charge < -0.3 is 28.4 Å². The molecule has 202 valence electrons. The molecule has 2 aromatic carbocycles. The summed E-state index contributed by atoms with van der Waals surface area (Å²) in [6, 6.07) is 16.6. The van der Waals surface area contributed by atoms with E-state index in [1.807, 2.05) is 65.8 Å². The van der Waals surface area contributed by atoms with E-state index in [9.17, 15) is 0 Å². The first-order valence-corrected chi connectivity index (χ1v) is 15.7. The highest BCUT2D eigenvalue weighted by atomic mass is 28.1. The fraction of sp³-hybridized carbons (Fsp3) is 0.571. The second kappa shape index (κ2) is 15.1. The lowest BCUT2D eigenvalue weighted by atomic mass is 9.88. The van der Waals surface area contributed by atoms with Gasteiger partial charge in [-0.1, -0.05) is 48.5 Å². The van der Waals surface area contributed by atoms with E-state index in [4.69, 9.17) is 28.4 Å². The molecule has 0 aliphatic carbocycles. The topological polar surface area (TPSA) is 55.4 Å². The Morgan fingerprint density at radius 2 is 0.833 bits per heavy atom. The number of benzene rings is 2. The summed E-state index contributed by atoms with van der Waals surface area (Å²) in [5.41, 5.74) is 3.49. The van der Waals surface area contributed by atoms with Gasteiger partial charge in [0.15, 0.2) is 0 Å². The molecule has 0 amide bonds. The zero-order valence-electron chi connectivity index (χ0n) is 23.5. The molecule has 0 bridgehead atoms. The highest BCUT2D eigenvalue weighted by Crippen LogP contribution is 2.43. The van der Waals surface area contributed by atoms with Gasteiger partial charge in [0, 0.05) is 71.3 Å². The van der Waals surface area contributed by atoms with E-state index in [1.54, 1.807) is 0 Å². The molecule has 0 fully saturated rings. The highest BCUT2D eigenvalue weighted by molar-refractivity contribution is 6.12. The van der Waals surface area contributed by atoms with Crippen molar-refractivity contribution in [2.75, 3.05) is 39.6 Å². The van der Waals surface area contributed by atoms with Crippen LogP contribution in [0.2, 0.25) is 0 Å². The van der Waals surface area contributed by atoms with Gasteiger partial charge in [0.25, 0.3) is 0 Å². The normalized spacial score (nSPS) is 14.3. The molecule has 0 radical (unpaired) electrons. The minimum atomic E-state index is -1.02. The summed E-state index contributed by atoms with van der Waals surface area (Å²) < 4.78 is 38.1. The molecule has 36 heavy (non-hydrogen) atoms. The van der Waals surface area contributed by atoms with Gasteiger partial charge in [0.2, 0.25) is 11.6 Å². The van der Waals surface area contributed by atoms with Gasteiger partial charge in [-0.15, -0.1) is 0 Å². The van der Waals surface area contributed by atoms with Crippen molar-refractivity contribution in [3.05, 3.63) is 59.7 Å². The van der Waals surface area contributed by atoms with E-state index in [0.29, 0.717) is 39.6 Å². The van der Waals surface area contributed by atoms with Crippen LogP contribution in [0.5, 0.6) is 0 Å². The van der Waals surface area contributed by atoms with E-state index in [2.05, 4.69) is 24.3 Å². The summed E-state index contributed by atoms with van der Waals surface area (Å²) in [6.45, 7) is 15.1. The fourth-order valence-corrected chi connectivity index (χ4v) is 6.88. The van der Waals surface area contributed by atoms with E-state index in [-0.39, 0.29) is 11.5 Å². The van der Waals surface area contributed by atoms with Crippen LogP contribution in [0.4, 0.5) is 0 Å². The zero-order chi connectivity index (χ0) is 26.6. The Bertz CT molecular complexity index is 824. The van der Waals surface area contributed by atoms with Crippen LogP contribution < -0.4 is 0 Å². The summed E-state index contributed by atoms with van der Waals surface area (Å²) in [4.78, 5) is 0. The van der Waals surface area contributed by atoms with Gasteiger partial charge in [-0.2, -0.15) is 0 Å². The maximum Gasteiger partial charge on any atom is 0.218 e. The molecule has 0 aliphatic rings. The predicted octanol–water partition coefficient (Wildman–Crippen LogP) is 3.26. The maximum absolute atomic E-state index is 6.45. The first kappa shape index (κ1) is 30.9. The van der Waals surface area contributed by atoms with Crippen LogP contribution in [0.3, 0.4) is 0 Å². The number of ether oxygens (including phenoxy) is 6. The zero-order valence-corrected chi connectivity index (χ0v) is 27.5. The first-order valence-electron chi connectivity index (χ1n) is 13.4. The Morgan fingerprint density at radius 3 is 1.11 bits per heavy atom. The van der Waals surface area contributed by atoms with Gasteiger partial charge >= 0.3 is 0 Å². The van der Waals surface area contributed by atoms with Gasteiger partial charge in [-0.05, 0) is 52.7 Å². The van der Waals surface area contributed by atoms with Crippen LogP contribution >= 0.6 is 0 Å². The molecule has 2 aromatic rings. The van der Waals surface area contributed by atoms with Crippen molar-refractivity contribution >= 4 is 20.5 Å². The van der Waals surface area contributed by atoms with Crippen LogP contribution in [0.1, 0.15) is 52.7 Å². The second-order valence-corrected chi connectivity index (χ2v) is 10.5. The van der Waals surface area contributed by atoms with Gasteiger partial charge in [0.1, 0.15) is 0 Å². The van der Waals surface area contributed by atoms with Crippen molar-refractivity contribution in [3.63, 3.8) is 0 Å². The van der Waals surface area contributed by atoms with Crippen LogP contribution in [0.25, 0.3) is 11.1 Å². The van der Waals surface area contributed by atoms with E-state index < -0.39 is 11.6 Å². The summed E-state index contributed by atoms with van der Waals surface area (Å²) in [5, 5.41) is 0. The lowest BCUT2D eigenvalue weighted by Crippen LogP contribution is -2.48. The highest BCUT2D eigenvalue weighted by Gasteiger charge is 2.45. The summed E-state index contributed by atoms with van der Waals surface area (Å²) in [7, 11) is 1.47. The Labute approximate surface area is 223 Å². The Kier molecular flexibility index (Phi) is 13.0. The largest absolute Gasteiger partial charge is 0.377 e. The quantitative estimate of drug-likeness (QED) is 0.229. The number of hydrogen-bond acceptors (Lipinski definition) is 6. The van der Waals surface area contributed by atoms with Crippen LogP contribution in [-0.4, -0.2) is 71.6 Å². The van der Waals surface area contributed by atoms with Crippen molar-refractivity contribution < 1.29 is 28.4 Å². The maximum atomic E-state index is 6.45. The molecular formula is C28H46O6Si2. The smallest absolute Gasteiger partial charge is 0.218 e. The molecule has 0 heterocycles. The summed E-state index contributed by atoms with van der Waals surface area (Å²) in [5.74, 6) is -2.04. The van der Waals surface area contributed by atoms with Crippen molar-refractivity contribution in [1.82, 2.24) is 0 Å². The third kappa shape index (κ3) is 6.55. The third-order valence-corrected chi connectivity index (χ3v) is 8.42. The van der Waals surface area contributed by atoms with E-state index >= 15 is 0 Å². The molecule has 0 N–H and O–H groups in total. The lowest BCUT2D eigenvalue weighted by molar-refractivity contribution is -0.280. The van der Waals surface area contributed by atoms with Crippen molar-refractivity contribution in [2.24, 2.45) is 0 Å². The SMILES string of the molecule is CCOC([SiH3])C(OCC)(OCC)c1ccccc1-c1ccccc1C(OCC)(OCC)C([SiH3])OCC. The molecule has 6 nitrogen and oxygen atoms in total. The average Bonchev–Trinajstić information content (AvgIpc) is 2.88. The molecule has 2 atom stereocenters. The molecule has 2 rings (SSSR count). The monoisotopic (exact) mass is 534 g/mol. The first-order chi connectivity index (χ1) is 17.4. The fourth-order valence-electron chi connectivity index (χ4n) is 4.92. The minimum Gasteiger partial charge on any atom is -0.377 e. The van der Waals surface area contributed by atoms with Gasteiger partial charge in [0.05, 0.1) is 11.5 Å². The Balaban J connectivity index is 2.88. The molecule has 0 saturated carbocycles. The molecule has 0 aromatic heterocycles. The Hall–Kier alpha value is -1.37. The predicted molar refractivity (Wildman–Crippen MR) is 152 cm³/mol. The average molecular weight is 535 g/mol. The van der Waals surface area contributed by atoms with Crippen LogP contribution in [0, 0.1) is 0 Å². The van der Waals surface area contributed by atoms with Gasteiger partial charge in [-0.25, -0.2) is 0 Å². The molecular weight excluding hydrogens is 488 g/mol. The number of hydrogen-bond donors (Lipinski definition) is 0. The Morgan fingerprint density at radius 1 is 0.528 bits per heavy atom. The van der Waals surface area contributed by atoms with Crippen molar-refractivity contribution in [3.8, 4) is 11.1 Å². The van der Waals surface area contributed by atoms with Crippen LogP contribution in [-0.2, 0) is 40.0 Å². The standard InChI is InChI=1S/C28H46O6Si2/c1-7-29-25(35)27(31-9-3,32-10-4)23-19-15-13-17-21(23)22-18-14-16-20-24(22)28(33-11-5,34-12-6)26(36)30-8-2/h13-20,25-26H,7-12H2,1-6,35-36H3. The lowest BCUT2D eigenvalue weighted by Gasteiger charge is -2.41. The molecule has 8 heteroatoms. The molecule has 0 aliphatic heterocycles. The molecule has 2 unspecified atom stereocenters. The van der Waals surface area contributed by atoms with Gasteiger partial charge in [-0.3, -0.25) is 0 Å². The van der Waals surface area contributed by atoms with E-state index in [0.717, 1.165) is 42.7 Å². The van der Waals surface area contributed by atoms with Crippen molar-refractivity contribution in [2.45, 2.75) is 64.6 Å². The third-order valence-electron chi connectivity index (χ3n) is 6.23. The summed E-state index contributed by atoms with van der Waals surface area (Å²) in [6.07, 6.45) is 0. The van der Waals surface area contributed by atoms with Crippen molar-refractivity contribution in [1.29, 1.82) is 0 Å². The van der Waals surface area contributed by atoms with Crippen LogP contribution in [0.15, 0.2) is 48.5 Å². The molecule has 0 spiro atoms. The second-order valence-electron chi connectivity index (χ2n) is 8.35. The molecule has 0 saturated heterocycles. The van der Waals surface area contributed by atoms with E-state index in [1.165, 1.54) is 0 Å². The minimum absolute atomic E-state index is 0.200. The summed E-state index contributed by atoms with van der Waals surface area (Å²) >= 11 is 0. The number of rotatable bonds is 17.